The van der Waals surface area contributed by atoms with Gasteiger partial charge in [0.05, 0.1) is 5.52 Å². The zero-order valence-corrected chi connectivity index (χ0v) is 11.6. The normalized spacial score (nSPS) is 14.4. The largest absolute Gasteiger partial charge is 0.453 e. The minimum atomic E-state index is -0.528. The molecular formula is C14H13N5O3. The number of rotatable bonds is 4. The number of carbonyl (C=O) groups is 1. The van der Waals surface area contributed by atoms with Crippen LogP contribution in [0, 0.1) is 0 Å². The number of fused-ring (bicyclic) bond motifs is 1. The van der Waals surface area contributed by atoms with Crippen molar-refractivity contribution in [3.8, 4) is 0 Å². The Balaban J connectivity index is 1.62. The van der Waals surface area contributed by atoms with Gasteiger partial charge in [0.1, 0.15) is 5.82 Å². The van der Waals surface area contributed by atoms with Crippen molar-refractivity contribution in [2.75, 3.05) is 0 Å². The van der Waals surface area contributed by atoms with E-state index in [-0.39, 0.29) is 12.4 Å². The third-order valence-electron chi connectivity index (χ3n) is 3.60. The van der Waals surface area contributed by atoms with Gasteiger partial charge in [-0.15, -0.1) is 0 Å². The molecule has 1 saturated carbocycles. The van der Waals surface area contributed by atoms with Crippen LogP contribution in [-0.2, 0) is 11.3 Å². The second-order valence-corrected chi connectivity index (χ2v) is 5.25. The fraction of sp³-hybridized carbons (Fsp3) is 0.286. The van der Waals surface area contributed by atoms with Gasteiger partial charge in [0.25, 0.3) is 0 Å². The van der Waals surface area contributed by atoms with Crippen molar-refractivity contribution in [3.05, 3.63) is 52.2 Å². The Hall–Kier alpha value is -2.90. The highest BCUT2D eigenvalue weighted by molar-refractivity contribution is 5.95. The van der Waals surface area contributed by atoms with E-state index in [1.54, 1.807) is 0 Å². The monoisotopic (exact) mass is 299 g/mol. The molecule has 1 fully saturated rings. The van der Waals surface area contributed by atoms with Gasteiger partial charge in [-0.3, -0.25) is 4.98 Å². The van der Waals surface area contributed by atoms with Crippen LogP contribution in [-0.4, -0.2) is 30.5 Å². The van der Waals surface area contributed by atoms with E-state index in [0.29, 0.717) is 11.6 Å². The molecule has 1 aliphatic rings. The Morgan fingerprint density at radius 1 is 1.41 bits per heavy atom. The summed E-state index contributed by atoms with van der Waals surface area (Å²) >= 11 is 0. The van der Waals surface area contributed by atoms with Crippen molar-refractivity contribution in [2.45, 2.75) is 25.4 Å². The number of nitrogens with one attached hydrogen (secondary N) is 2. The van der Waals surface area contributed by atoms with Crippen LogP contribution in [0.25, 0.3) is 5.52 Å². The molecule has 22 heavy (non-hydrogen) atoms. The van der Waals surface area contributed by atoms with E-state index in [1.165, 1.54) is 0 Å². The molecule has 112 valence electrons. The molecule has 3 aromatic heterocycles. The van der Waals surface area contributed by atoms with Gasteiger partial charge in [0.15, 0.2) is 18.1 Å². The molecule has 0 saturated heterocycles. The SMILES string of the molecule is O=C(OCc1n[nH]c(=O)[nH]1)c1nc(C2CC2)n2ccccc12. The van der Waals surface area contributed by atoms with Crippen molar-refractivity contribution >= 4 is 11.5 Å². The highest BCUT2D eigenvalue weighted by Crippen LogP contribution is 2.40. The summed E-state index contributed by atoms with van der Waals surface area (Å²) in [4.78, 5) is 30.1. The van der Waals surface area contributed by atoms with E-state index in [4.69, 9.17) is 4.74 Å². The number of carbonyl (C=O) groups excluding carboxylic acids is 1. The molecule has 3 aromatic rings. The summed E-state index contributed by atoms with van der Waals surface area (Å²) < 4.78 is 7.12. The third-order valence-corrected chi connectivity index (χ3v) is 3.60. The van der Waals surface area contributed by atoms with Crippen molar-refractivity contribution in [3.63, 3.8) is 0 Å². The van der Waals surface area contributed by atoms with Gasteiger partial charge in [-0.1, -0.05) is 6.07 Å². The maximum absolute atomic E-state index is 12.3. The van der Waals surface area contributed by atoms with Crippen LogP contribution >= 0.6 is 0 Å². The van der Waals surface area contributed by atoms with E-state index >= 15 is 0 Å². The molecule has 1 aliphatic carbocycles. The lowest BCUT2D eigenvalue weighted by molar-refractivity contribution is 0.0458. The van der Waals surface area contributed by atoms with Crippen LogP contribution in [0.5, 0.6) is 0 Å². The molecule has 0 aromatic carbocycles. The van der Waals surface area contributed by atoms with E-state index in [2.05, 4.69) is 20.2 Å². The number of pyridine rings is 1. The average Bonchev–Trinajstić information content (AvgIpc) is 3.17. The van der Waals surface area contributed by atoms with Crippen LogP contribution < -0.4 is 5.69 Å². The summed E-state index contributed by atoms with van der Waals surface area (Å²) in [6.07, 6.45) is 4.09. The number of hydrogen-bond donors (Lipinski definition) is 2. The molecule has 0 spiro atoms. The first-order valence-electron chi connectivity index (χ1n) is 7.00. The predicted molar refractivity (Wildman–Crippen MR) is 75.5 cm³/mol. The van der Waals surface area contributed by atoms with Crippen molar-refractivity contribution in [1.29, 1.82) is 0 Å². The van der Waals surface area contributed by atoms with Gasteiger partial charge >= 0.3 is 11.7 Å². The van der Waals surface area contributed by atoms with Crippen molar-refractivity contribution in [1.82, 2.24) is 24.6 Å². The van der Waals surface area contributed by atoms with Gasteiger partial charge in [-0.05, 0) is 25.0 Å². The average molecular weight is 299 g/mol. The Kier molecular flexibility index (Phi) is 2.81. The molecule has 0 radical (unpaired) electrons. The summed E-state index contributed by atoms with van der Waals surface area (Å²) in [6.45, 7) is -0.109. The van der Waals surface area contributed by atoms with E-state index in [1.807, 2.05) is 28.8 Å². The summed E-state index contributed by atoms with van der Waals surface area (Å²) in [5, 5.41) is 5.91. The van der Waals surface area contributed by atoms with Gasteiger partial charge in [-0.25, -0.2) is 19.7 Å². The highest BCUT2D eigenvalue weighted by atomic mass is 16.5. The molecule has 8 nitrogen and oxygen atoms in total. The van der Waals surface area contributed by atoms with Crippen LogP contribution in [0.4, 0.5) is 0 Å². The summed E-state index contributed by atoms with van der Waals surface area (Å²) in [7, 11) is 0. The lowest BCUT2D eigenvalue weighted by atomic mass is 10.3. The predicted octanol–water partition coefficient (Wildman–Crippen LogP) is 0.980. The smallest absolute Gasteiger partial charge is 0.359 e. The first kappa shape index (κ1) is 12.8. The number of aromatic nitrogens is 5. The lowest BCUT2D eigenvalue weighted by Crippen LogP contribution is -2.08. The van der Waals surface area contributed by atoms with Gasteiger partial charge in [-0.2, -0.15) is 5.10 Å². The number of nitrogens with zero attached hydrogens (tertiary/aromatic N) is 3. The molecule has 0 aliphatic heterocycles. The Bertz CT molecular complexity index is 902. The van der Waals surface area contributed by atoms with Crippen LogP contribution in [0.2, 0.25) is 0 Å². The summed E-state index contributed by atoms with van der Waals surface area (Å²) in [5.74, 6) is 1.05. The standard InChI is InChI=1S/C14H13N5O3/c20-13(22-7-10-15-14(21)18-17-10)11-9-3-1-2-6-19(9)12(16-11)8-4-5-8/h1-3,6,8H,4-5,7H2,(H2,15,17,18,21). The Labute approximate surface area is 124 Å². The molecule has 8 heteroatoms. The van der Waals surface area contributed by atoms with Gasteiger partial charge in [0, 0.05) is 12.1 Å². The first-order valence-corrected chi connectivity index (χ1v) is 7.00. The van der Waals surface area contributed by atoms with Crippen LogP contribution in [0.15, 0.2) is 29.2 Å². The fourth-order valence-corrected chi connectivity index (χ4v) is 2.42. The number of ether oxygens (including phenoxy) is 1. The van der Waals surface area contributed by atoms with E-state index < -0.39 is 11.7 Å². The molecule has 0 unspecified atom stereocenters. The molecule has 0 amide bonds. The molecule has 3 heterocycles. The van der Waals surface area contributed by atoms with Gasteiger partial charge in [0.2, 0.25) is 0 Å². The lowest BCUT2D eigenvalue weighted by Gasteiger charge is -2.00. The van der Waals surface area contributed by atoms with Crippen molar-refractivity contribution < 1.29 is 9.53 Å². The summed E-state index contributed by atoms with van der Waals surface area (Å²) in [6, 6.07) is 5.60. The molecule has 2 N–H and O–H groups in total. The number of hydrogen-bond acceptors (Lipinski definition) is 5. The summed E-state index contributed by atoms with van der Waals surface area (Å²) in [5.41, 5.74) is 0.583. The Morgan fingerprint density at radius 2 is 2.27 bits per heavy atom. The number of esters is 1. The molecule has 0 bridgehead atoms. The zero-order valence-electron chi connectivity index (χ0n) is 11.6. The van der Waals surface area contributed by atoms with E-state index in [0.717, 1.165) is 24.2 Å². The minimum absolute atomic E-state index is 0.109. The maximum Gasteiger partial charge on any atom is 0.359 e. The Morgan fingerprint density at radius 3 is 3.00 bits per heavy atom. The molecule has 4 rings (SSSR count). The number of H-pyrrole nitrogens is 2. The number of imidazole rings is 1. The number of aromatic amines is 2. The second-order valence-electron chi connectivity index (χ2n) is 5.25. The minimum Gasteiger partial charge on any atom is -0.453 e. The van der Waals surface area contributed by atoms with Crippen LogP contribution in [0.1, 0.15) is 40.9 Å². The van der Waals surface area contributed by atoms with Gasteiger partial charge < -0.3 is 9.14 Å². The maximum atomic E-state index is 12.3. The van der Waals surface area contributed by atoms with E-state index in [9.17, 15) is 9.59 Å². The first-order chi connectivity index (χ1) is 10.7. The molecule has 0 atom stereocenters. The topological polar surface area (TPSA) is 105 Å². The quantitative estimate of drug-likeness (QED) is 0.699. The second kappa shape index (κ2) is 4.83. The highest BCUT2D eigenvalue weighted by Gasteiger charge is 2.30. The fourth-order valence-electron chi connectivity index (χ4n) is 2.42. The molecular weight excluding hydrogens is 286 g/mol. The van der Waals surface area contributed by atoms with Crippen molar-refractivity contribution in [2.24, 2.45) is 0 Å². The zero-order chi connectivity index (χ0) is 15.1. The third kappa shape index (κ3) is 2.18. The van der Waals surface area contributed by atoms with Crippen LogP contribution in [0.3, 0.4) is 0 Å².